The van der Waals surface area contributed by atoms with E-state index in [0.29, 0.717) is 16.5 Å². The topological polar surface area (TPSA) is 62.2 Å². The van der Waals surface area contributed by atoms with Crippen LogP contribution in [0, 0.1) is 5.41 Å². The zero-order valence-electron chi connectivity index (χ0n) is 11.6. The fourth-order valence-electron chi connectivity index (χ4n) is 1.67. The molecule has 0 aliphatic carbocycles. The molecule has 0 saturated carbocycles. The molecule has 0 aliphatic rings. The smallest absolute Gasteiger partial charge is 0.410 e. The number of anilines is 1. The fraction of sp³-hybridized carbons (Fsp3) is 0.125. The first-order valence-corrected chi connectivity index (χ1v) is 7.53. The second kappa shape index (κ2) is 7.50. The first kappa shape index (κ1) is 15.1. The van der Waals surface area contributed by atoms with Gasteiger partial charge in [0.25, 0.3) is 0 Å². The van der Waals surface area contributed by atoms with Crippen molar-refractivity contribution in [2.24, 2.45) is 0 Å². The molecule has 0 aromatic heterocycles. The van der Waals surface area contributed by atoms with E-state index in [1.165, 1.54) is 11.8 Å². The molecule has 2 N–H and O–H groups in total. The average Bonchev–Trinajstić information content (AvgIpc) is 2.49. The molecular weight excluding hydrogens is 284 g/mol. The molecule has 2 aromatic rings. The molecule has 108 valence electrons. The van der Waals surface area contributed by atoms with Gasteiger partial charge in [-0.15, -0.1) is 11.8 Å². The Bertz CT molecular complexity index is 612. The Kier molecular flexibility index (Phi) is 5.40. The van der Waals surface area contributed by atoms with E-state index >= 15 is 0 Å². The highest BCUT2D eigenvalue weighted by molar-refractivity contribution is 8.14. The maximum absolute atomic E-state index is 11.7. The zero-order valence-corrected chi connectivity index (χ0v) is 12.4. The van der Waals surface area contributed by atoms with Gasteiger partial charge in [-0.05, 0) is 42.2 Å². The summed E-state index contributed by atoms with van der Waals surface area (Å²) in [5.74, 6) is 1.30. The first-order chi connectivity index (χ1) is 10.2. The Labute approximate surface area is 128 Å². The van der Waals surface area contributed by atoms with Crippen LogP contribution in [0.25, 0.3) is 0 Å². The molecule has 2 aromatic carbocycles. The van der Waals surface area contributed by atoms with Gasteiger partial charge in [0.05, 0.1) is 5.04 Å². The highest BCUT2D eigenvalue weighted by atomic mass is 32.2. The lowest BCUT2D eigenvalue weighted by Gasteiger charge is -2.07. The molecule has 0 atom stereocenters. The molecule has 0 radical (unpaired) electrons. The Morgan fingerprint density at radius 3 is 2.43 bits per heavy atom. The molecule has 0 saturated heterocycles. The molecular formula is C16H16N2O2S. The van der Waals surface area contributed by atoms with Crippen LogP contribution in [0.5, 0.6) is 5.75 Å². The normalized spacial score (nSPS) is 9.95. The van der Waals surface area contributed by atoms with E-state index in [1.54, 1.807) is 36.4 Å². The summed E-state index contributed by atoms with van der Waals surface area (Å²) in [4.78, 5) is 11.7. The molecule has 4 nitrogen and oxygen atoms in total. The van der Waals surface area contributed by atoms with E-state index < -0.39 is 6.09 Å². The SMILES string of the molecule is CCSC(=N)c1ccc(OC(=O)Nc2ccccc2)cc1. The van der Waals surface area contributed by atoms with Gasteiger partial charge < -0.3 is 4.74 Å². The average molecular weight is 300 g/mol. The van der Waals surface area contributed by atoms with Gasteiger partial charge in [-0.25, -0.2) is 4.79 Å². The minimum Gasteiger partial charge on any atom is -0.410 e. The maximum Gasteiger partial charge on any atom is 0.417 e. The van der Waals surface area contributed by atoms with Gasteiger partial charge >= 0.3 is 6.09 Å². The molecule has 0 bridgehead atoms. The number of ether oxygens (including phenoxy) is 1. The Hall–Kier alpha value is -2.27. The number of rotatable bonds is 4. The van der Waals surface area contributed by atoms with Crippen molar-refractivity contribution in [3.8, 4) is 5.75 Å². The summed E-state index contributed by atoms with van der Waals surface area (Å²) in [5, 5.41) is 11.0. The van der Waals surface area contributed by atoms with Crippen LogP contribution >= 0.6 is 11.8 Å². The zero-order chi connectivity index (χ0) is 15.1. The van der Waals surface area contributed by atoms with Crippen LogP contribution in [0.15, 0.2) is 54.6 Å². The summed E-state index contributed by atoms with van der Waals surface area (Å²) in [7, 11) is 0. The number of carbonyl (C=O) groups excluding carboxylic acids is 1. The molecule has 0 fully saturated rings. The van der Waals surface area contributed by atoms with Gasteiger partial charge in [-0.3, -0.25) is 10.7 Å². The van der Waals surface area contributed by atoms with Gasteiger partial charge in [0.1, 0.15) is 5.75 Å². The van der Waals surface area contributed by atoms with Crippen LogP contribution in [0.2, 0.25) is 0 Å². The molecule has 0 spiro atoms. The number of benzene rings is 2. The van der Waals surface area contributed by atoms with Crippen LogP contribution in [0.1, 0.15) is 12.5 Å². The predicted octanol–water partition coefficient (Wildman–Crippen LogP) is 4.38. The Balaban J connectivity index is 1.94. The third-order valence-corrected chi connectivity index (χ3v) is 3.45. The van der Waals surface area contributed by atoms with Crippen molar-refractivity contribution in [2.45, 2.75) is 6.92 Å². The lowest BCUT2D eigenvalue weighted by molar-refractivity contribution is 0.215. The quantitative estimate of drug-likeness (QED) is 0.651. The van der Waals surface area contributed by atoms with Crippen LogP contribution in [-0.2, 0) is 0 Å². The van der Waals surface area contributed by atoms with Crippen molar-refractivity contribution in [2.75, 3.05) is 11.1 Å². The first-order valence-electron chi connectivity index (χ1n) is 6.54. The standard InChI is InChI=1S/C16H16N2O2S/c1-2-21-15(17)12-8-10-14(11-9-12)20-16(19)18-13-6-4-3-5-7-13/h3-11,17H,2H2,1H3,(H,18,19). The second-order valence-corrected chi connectivity index (χ2v) is 5.44. The number of carbonyl (C=O) groups is 1. The van der Waals surface area contributed by atoms with E-state index in [0.717, 1.165) is 11.3 Å². The highest BCUT2D eigenvalue weighted by Crippen LogP contribution is 2.17. The predicted molar refractivity (Wildman–Crippen MR) is 87.5 cm³/mol. The summed E-state index contributed by atoms with van der Waals surface area (Å²) in [6.45, 7) is 2.00. The summed E-state index contributed by atoms with van der Waals surface area (Å²) in [5.41, 5.74) is 1.50. The van der Waals surface area contributed by atoms with Crippen LogP contribution < -0.4 is 10.1 Å². The van der Waals surface area contributed by atoms with E-state index in [9.17, 15) is 4.79 Å². The molecule has 5 heteroatoms. The summed E-state index contributed by atoms with van der Waals surface area (Å²) >= 11 is 1.47. The molecule has 2 rings (SSSR count). The molecule has 0 aliphatic heterocycles. The minimum atomic E-state index is -0.535. The van der Waals surface area contributed by atoms with Gasteiger partial charge in [-0.1, -0.05) is 25.1 Å². The van der Waals surface area contributed by atoms with E-state index in [4.69, 9.17) is 10.1 Å². The summed E-state index contributed by atoms with van der Waals surface area (Å²) < 4.78 is 5.19. The largest absolute Gasteiger partial charge is 0.417 e. The maximum atomic E-state index is 11.7. The van der Waals surface area contributed by atoms with Crippen molar-refractivity contribution in [3.05, 3.63) is 60.2 Å². The number of para-hydroxylation sites is 1. The highest BCUT2D eigenvalue weighted by Gasteiger charge is 2.06. The molecule has 0 unspecified atom stereocenters. The Morgan fingerprint density at radius 2 is 1.81 bits per heavy atom. The van der Waals surface area contributed by atoms with Gasteiger partial charge in [0.2, 0.25) is 0 Å². The van der Waals surface area contributed by atoms with Gasteiger partial charge in [-0.2, -0.15) is 0 Å². The van der Waals surface area contributed by atoms with E-state index in [-0.39, 0.29) is 0 Å². The monoisotopic (exact) mass is 300 g/mol. The number of hydrogen-bond acceptors (Lipinski definition) is 4. The lowest BCUT2D eigenvalue weighted by atomic mass is 10.2. The molecule has 1 amide bonds. The van der Waals surface area contributed by atoms with E-state index in [1.807, 2.05) is 25.1 Å². The van der Waals surface area contributed by atoms with Crippen molar-refractivity contribution in [1.82, 2.24) is 0 Å². The summed E-state index contributed by atoms with van der Waals surface area (Å²) in [6, 6.07) is 16.0. The van der Waals surface area contributed by atoms with Crippen LogP contribution in [-0.4, -0.2) is 16.9 Å². The molecule has 21 heavy (non-hydrogen) atoms. The van der Waals surface area contributed by atoms with Gasteiger partial charge in [0, 0.05) is 11.3 Å². The summed E-state index contributed by atoms with van der Waals surface area (Å²) in [6.07, 6.45) is -0.535. The van der Waals surface area contributed by atoms with Crippen LogP contribution in [0.4, 0.5) is 10.5 Å². The lowest BCUT2D eigenvalue weighted by Crippen LogP contribution is -2.16. The fourth-order valence-corrected chi connectivity index (χ4v) is 2.27. The third kappa shape index (κ3) is 4.65. The Morgan fingerprint density at radius 1 is 1.14 bits per heavy atom. The second-order valence-electron chi connectivity index (χ2n) is 4.17. The molecule has 0 heterocycles. The number of hydrogen-bond donors (Lipinski definition) is 2. The number of nitrogens with one attached hydrogen (secondary N) is 2. The van der Waals surface area contributed by atoms with Gasteiger partial charge in [0.15, 0.2) is 0 Å². The van der Waals surface area contributed by atoms with Crippen molar-refractivity contribution < 1.29 is 9.53 Å². The number of amides is 1. The number of thioether (sulfide) groups is 1. The third-order valence-electron chi connectivity index (χ3n) is 2.64. The van der Waals surface area contributed by atoms with Crippen molar-refractivity contribution in [3.63, 3.8) is 0 Å². The van der Waals surface area contributed by atoms with E-state index in [2.05, 4.69) is 5.32 Å². The van der Waals surface area contributed by atoms with Crippen LogP contribution in [0.3, 0.4) is 0 Å². The van der Waals surface area contributed by atoms with Crippen molar-refractivity contribution >= 4 is 28.6 Å². The minimum absolute atomic E-state index is 0.446. The van der Waals surface area contributed by atoms with Crippen molar-refractivity contribution in [1.29, 1.82) is 5.41 Å².